The number of alkyl halides is 3. The van der Waals surface area contributed by atoms with E-state index in [2.05, 4.69) is 0 Å². The summed E-state index contributed by atoms with van der Waals surface area (Å²) in [6.45, 7) is 2.00. The Morgan fingerprint density at radius 2 is 1.93 bits per heavy atom. The molecular formula is C18H15Cl2F3O3S. The van der Waals surface area contributed by atoms with E-state index in [1.807, 2.05) is 6.92 Å². The van der Waals surface area contributed by atoms with E-state index in [-0.39, 0.29) is 27.1 Å². The first-order valence-corrected chi connectivity index (χ1v) is 9.72. The zero-order valence-corrected chi connectivity index (χ0v) is 16.4. The summed E-state index contributed by atoms with van der Waals surface area (Å²) in [7, 11) is 0. The summed E-state index contributed by atoms with van der Waals surface area (Å²) in [5.74, 6) is 0.529. The lowest BCUT2D eigenvalue weighted by atomic mass is 10.1. The van der Waals surface area contributed by atoms with E-state index >= 15 is 0 Å². The highest BCUT2D eigenvalue weighted by Gasteiger charge is 2.31. The Morgan fingerprint density at radius 1 is 1.22 bits per heavy atom. The second kappa shape index (κ2) is 9.08. The van der Waals surface area contributed by atoms with Crippen molar-refractivity contribution in [2.24, 2.45) is 0 Å². The molecule has 0 aliphatic heterocycles. The molecule has 146 valence electrons. The van der Waals surface area contributed by atoms with Crippen LogP contribution in [0.2, 0.25) is 10.0 Å². The van der Waals surface area contributed by atoms with Gasteiger partial charge in [0.15, 0.2) is 0 Å². The van der Waals surface area contributed by atoms with Gasteiger partial charge in [0.25, 0.3) is 0 Å². The lowest BCUT2D eigenvalue weighted by Crippen LogP contribution is -2.05. The second-order valence-corrected chi connectivity index (χ2v) is 7.62. The van der Waals surface area contributed by atoms with Crippen LogP contribution in [0.1, 0.15) is 28.4 Å². The van der Waals surface area contributed by atoms with Crippen LogP contribution in [-0.2, 0) is 12.6 Å². The quantitative estimate of drug-likeness (QED) is 0.482. The Kier molecular flexibility index (Phi) is 7.31. The Morgan fingerprint density at radius 3 is 2.48 bits per heavy atom. The van der Waals surface area contributed by atoms with Crippen LogP contribution in [0.5, 0.6) is 11.5 Å². The molecule has 2 aromatic rings. The first-order valence-electron chi connectivity index (χ1n) is 7.81. The van der Waals surface area contributed by atoms with Gasteiger partial charge >= 0.3 is 12.1 Å². The third-order valence-corrected chi connectivity index (χ3v) is 5.20. The minimum Gasteiger partial charge on any atom is -0.478 e. The zero-order valence-electron chi connectivity index (χ0n) is 14.1. The van der Waals surface area contributed by atoms with Crippen molar-refractivity contribution < 1.29 is 27.8 Å². The van der Waals surface area contributed by atoms with Crippen LogP contribution < -0.4 is 4.74 Å². The maximum absolute atomic E-state index is 12.7. The SMILES string of the molecule is CCSCCc1cc(Oc2ccc(C(F)(F)F)cc2Cl)cc(C(=O)O)c1Cl. The molecule has 0 spiro atoms. The molecule has 0 aliphatic carbocycles. The molecule has 0 atom stereocenters. The second-order valence-electron chi connectivity index (χ2n) is 5.44. The predicted molar refractivity (Wildman–Crippen MR) is 102 cm³/mol. The van der Waals surface area contributed by atoms with E-state index in [0.717, 1.165) is 29.7 Å². The molecule has 27 heavy (non-hydrogen) atoms. The molecule has 3 nitrogen and oxygen atoms in total. The molecule has 2 aromatic carbocycles. The zero-order chi connectivity index (χ0) is 20.2. The van der Waals surface area contributed by atoms with Crippen LogP contribution in [0, 0.1) is 0 Å². The van der Waals surface area contributed by atoms with Crippen LogP contribution in [0.3, 0.4) is 0 Å². The number of ether oxygens (including phenoxy) is 1. The fourth-order valence-electron chi connectivity index (χ4n) is 2.27. The van der Waals surface area contributed by atoms with Gasteiger partial charge in [-0.15, -0.1) is 0 Å². The molecule has 0 saturated carbocycles. The summed E-state index contributed by atoms with van der Waals surface area (Å²) in [5, 5.41) is 9.22. The predicted octanol–water partition coefficient (Wildman–Crippen LogP) is 6.80. The highest BCUT2D eigenvalue weighted by atomic mass is 35.5. The van der Waals surface area contributed by atoms with E-state index in [9.17, 15) is 23.1 Å². The standard InChI is InChI=1S/C18H15Cl2F3O3S/c1-2-27-6-5-10-7-12(9-13(16(10)20)17(24)25)26-15-4-3-11(8-14(15)19)18(21,22)23/h3-4,7-9H,2,5-6H2,1H3,(H,24,25). The number of thioether (sulfide) groups is 1. The summed E-state index contributed by atoms with van der Waals surface area (Å²) >= 11 is 13.7. The average molecular weight is 439 g/mol. The summed E-state index contributed by atoms with van der Waals surface area (Å²) in [6, 6.07) is 5.47. The fourth-order valence-corrected chi connectivity index (χ4v) is 3.42. The summed E-state index contributed by atoms with van der Waals surface area (Å²) < 4.78 is 43.7. The van der Waals surface area contributed by atoms with Gasteiger partial charge in [-0.05, 0) is 53.8 Å². The molecule has 0 aromatic heterocycles. The number of rotatable bonds is 7. The van der Waals surface area contributed by atoms with Crippen molar-refractivity contribution in [2.75, 3.05) is 11.5 Å². The van der Waals surface area contributed by atoms with E-state index in [4.69, 9.17) is 27.9 Å². The number of hydrogen-bond acceptors (Lipinski definition) is 3. The van der Waals surface area contributed by atoms with Gasteiger partial charge in [0, 0.05) is 0 Å². The van der Waals surface area contributed by atoms with Gasteiger partial charge in [-0.25, -0.2) is 4.79 Å². The van der Waals surface area contributed by atoms with Crippen molar-refractivity contribution >= 4 is 40.9 Å². The number of halogens is 5. The number of hydrogen-bond donors (Lipinski definition) is 1. The van der Waals surface area contributed by atoms with E-state index in [1.165, 1.54) is 6.07 Å². The summed E-state index contributed by atoms with van der Waals surface area (Å²) in [6.07, 6.45) is -4.00. The molecule has 0 saturated heterocycles. The van der Waals surface area contributed by atoms with E-state index in [1.54, 1.807) is 17.8 Å². The van der Waals surface area contributed by atoms with Gasteiger partial charge in [-0.2, -0.15) is 24.9 Å². The van der Waals surface area contributed by atoms with Crippen LogP contribution in [-0.4, -0.2) is 22.6 Å². The molecule has 0 amide bonds. The number of carbonyl (C=O) groups is 1. The number of carboxylic acids is 1. The van der Waals surface area contributed by atoms with Crippen LogP contribution in [0.4, 0.5) is 13.2 Å². The first-order chi connectivity index (χ1) is 12.6. The monoisotopic (exact) mass is 438 g/mol. The van der Waals surface area contributed by atoms with Crippen LogP contribution >= 0.6 is 35.0 Å². The molecule has 0 heterocycles. The highest BCUT2D eigenvalue weighted by Crippen LogP contribution is 2.37. The van der Waals surface area contributed by atoms with Gasteiger partial charge in [0.1, 0.15) is 11.5 Å². The van der Waals surface area contributed by atoms with Crippen LogP contribution in [0.15, 0.2) is 30.3 Å². The van der Waals surface area contributed by atoms with Crippen molar-refractivity contribution in [1.82, 2.24) is 0 Å². The van der Waals surface area contributed by atoms with Crippen molar-refractivity contribution in [2.45, 2.75) is 19.5 Å². The van der Waals surface area contributed by atoms with Gasteiger partial charge < -0.3 is 9.84 Å². The topological polar surface area (TPSA) is 46.5 Å². The molecule has 0 aliphatic rings. The Hall–Kier alpha value is -1.57. The number of aryl methyl sites for hydroxylation is 1. The molecule has 9 heteroatoms. The molecule has 0 radical (unpaired) electrons. The maximum atomic E-state index is 12.7. The van der Waals surface area contributed by atoms with Crippen molar-refractivity contribution in [3.8, 4) is 11.5 Å². The molecular weight excluding hydrogens is 424 g/mol. The number of benzene rings is 2. The van der Waals surface area contributed by atoms with Gasteiger partial charge in [-0.3, -0.25) is 0 Å². The Balaban J connectivity index is 2.36. The smallest absolute Gasteiger partial charge is 0.416 e. The summed E-state index contributed by atoms with van der Waals surface area (Å²) in [4.78, 5) is 11.4. The lowest BCUT2D eigenvalue weighted by Gasteiger charge is -2.14. The molecule has 0 bridgehead atoms. The van der Waals surface area contributed by atoms with E-state index < -0.39 is 17.7 Å². The van der Waals surface area contributed by atoms with Gasteiger partial charge in [0.2, 0.25) is 0 Å². The largest absolute Gasteiger partial charge is 0.478 e. The highest BCUT2D eigenvalue weighted by molar-refractivity contribution is 7.99. The van der Waals surface area contributed by atoms with Crippen molar-refractivity contribution in [3.63, 3.8) is 0 Å². The third kappa shape index (κ3) is 5.70. The minimum atomic E-state index is -4.52. The van der Waals surface area contributed by atoms with E-state index in [0.29, 0.717) is 12.0 Å². The molecule has 2 rings (SSSR count). The van der Waals surface area contributed by atoms with Gasteiger partial charge in [-0.1, -0.05) is 30.1 Å². The third-order valence-electron chi connectivity index (χ3n) is 3.56. The Labute approximate surface area is 168 Å². The number of carboxylic acid groups (broad SMARTS) is 1. The first kappa shape index (κ1) is 21.7. The van der Waals surface area contributed by atoms with Crippen LogP contribution in [0.25, 0.3) is 0 Å². The van der Waals surface area contributed by atoms with Crippen molar-refractivity contribution in [3.05, 3.63) is 57.1 Å². The van der Waals surface area contributed by atoms with Gasteiger partial charge in [0.05, 0.1) is 21.2 Å². The summed E-state index contributed by atoms with van der Waals surface area (Å²) in [5.41, 5.74) is -0.469. The lowest BCUT2D eigenvalue weighted by molar-refractivity contribution is -0.137. The molecule has 1 N–H and O–H groups in total. The molecule has 0 fully saturated rings. The maximum Gasteiger partial charge on any atom is 0.416 e. The number of aromatic carboxylic acids is 1. The normalized spacial score (nSPS) is 11.5. The molecule has 0 unspecified atom stereocenters. The Bertz CT molecular complexity index is 841. The fraction of sp³-hybridized carbons (Fsp3) is 0.278. The minimum absolute atomic E-state index is 0.0165. The average Bonchev–Trinajstić information content (AvgIpc) is 2.58. The van der Waals surface area contributed by atoms with Crippen molar-refractivity contribution in [1.29, 1.82) is 0 Å².